The monoisotopic (exact) mass is 477 g/mol. The minimum absolute atomic E-state index is 0.110. The van der Waals surface area contributed by atoms with Gasteiger partial charge in [0.2, 0.25) is 0 Å². The van der Waals surface area contributed by atoms with Crippen LogP contribution in [0.1, 0.15) is 46.3 Å². The van der Waals surface area contributed by atoms with E-state index in [4.69, 9.17) is 13.6 Å². The summed E-state index contributed by atoms with van der Waals surface area (Å²) in [5, 5.41) is 12.6. The first-order valence-corrected chi connectivity index (χ1v) is 11.5. The number of morpholine rings is 1. The van der Waals surface area contributed by atoms with Gasteiger partial charge in [-0.05, 0) is 31.5 Å². The summed E-state index contributed by atoms with van der Waals surface area (Å²) in [7, 11) is 0. The van der Waals surface area contributed by atoms with Gasteiger partial charge in [-0.3, -0.25) is 24.9 Å². The molecular formula is C25H27N5O5. The van der Waals surface area contributed by atoms with Gasteiger partial charge < -0.3 is 18.9 Å². The summed E-state index contributed by atoms with van der Waals surface area (Å²) in [4.78, 5) is 27.8. The molecule has 0 atom stereocenters. The number of anilines is 1. The van der Waals surface area contributed by atoms with Crippen molar-refractivity contribution < 1.29 is 23.2 Å². The summed E-state index contributed by atoms with van der Waals surface area (Å²) in [6.07, 6.45) is 0. The highest BCUT2D eigenvalue weighted by Gasteiger charge is 2.26. The van der Waals surface area contributed by atoms with Crippen LogP contribution in [0.3, 0.4) is 0 Å². The van der Waals surface area contributed by atoms with Crippen LogP contribution in [0.25, 0.3) is 11.1 Å². The van der Waals surface area contributed by atoms with Crippen LogP contribution in [0.4, 0.5) is 5.82 Å². The van der Waals surface area contributed by atoms with Crippen molar-refractivity contribution in [3.63, 3.8) is 0 Å². The van der Waals surface area contributed by atoms with E-state index < -0.39 is 11.4 Å². The molecule has 182 valence electrons. The highest BCUT2D eigenvalue weighted by atomic mass is 16.5. The molecule has 1 aliphatic rings. The Balaban J connectivity index is 1.26. The largest absolute Gasteiger partial charge is 0.455 e. The first-order chi connectivity index (χ1) is 16.9. The predicted octanol–water partition coefficient (Wildman–Crippen LogP) is 3.50. The third-order valence-electron chi connectivity index (χ3n) is 5.98. The van der Waals surface area contributed by atoms with Crippen molar-refractivity contribution in [3.8, 4) is 0 Å². The second kappa shape index (κ2) is 9.40. The van der Waals surface area contributed by atoms with Crippen LogP contribution in [0.5, 0.6) is 0 Å². The number of nitrogens with zero attached hydrogens (tertiary/aromatic N) is 2. The van der Waals surface area contributed by atoms with Crippen molar-refractivity contribution in [2.75, 3.05) is 31.6 Å². The van der Waals surface area contributed by atoms with Gasteiger partial charge in [0.15, 0.2) is 22.9 Å². The number of aromatic amines is 1. The third-order valence-corrected chi connectivity index (χ3v) is 5.98. The number of H-pyrrole nitrogens is 1. The molecule has 1 aliphatic heterocycles. The van der Waals surface area contributed by atoms with Gasteiger partial charge in [-0.2, -0.15) is 5.10 Å². The fraction of sp³-hybridized carbons (Fsp3) is 0.320. The molecule has 35 heavy (non-hydrogen) atoms. The fourth-order valence-electron chi connectivity index (χ4n) is 4.02. The lowest BCUT2D eigenvalue weighted by molar-refractivity contribution is 0.0312. The number of carbonyl (C=O) groups excluding carboxylic acids is 2. The Labute approximate surface area is 201 Å². The van der Waals surface area contributed by atoms with Crippen molar-refractivity contribution in [1.29, 1.82) is 0 Å². The van der Waals surface area contributed by atoms with E-state index in [2.05, 4.69) is 25.7 Å². The zero-order valence-corrected chi connectivity index (χ0v) is 19.6. The Morgan fingerprint density at radius 3 is 2.57 bits per heavy atom. The highest BCUT2D eigenvalue weighted by molar-refractivity contribution is 6.06. The summed E-state index contributed by atoms with van der Waals surface area (Å²) < 4.78 is 16.8. The van der Waals surface area contributed by atoms with E-state index in [0.29, 0.717) is 31.0 Å². The van der Waals surface area contributed by atoms with Crippen molar-refractivity contribution in [2.24, 2.45) is 0 Å². The van der Waals surface area contributed by atoms with Crippen LogP contribution < -0.4 is 10.6 Å². The minimum Gasteiger partial charge on any atom is -0.455 e. The lowest BCUT2D eigenvalue weighted by atomic mass is 9.94. The van der Waals surface area contributed by atoms with Gasteiger partial charge in [-0.15, -0.1) is 0 Å². The number of ether oxygens (including phenoxy) is 1. The fourth-order valence-corrected chi connectivity index (χ4v) is 4.02. The standard InChI is InChI=1S/C25H27N5O5/c1-25(2,16-6-4-3-5-7-16)27-24(32)20-14-18-21(35-20)22(29-28-18)26-23(31)19-9-8-17(34-19)15-30-10-12-33-13-11-30/h3-9,14H,10-13,15H2,1-2H3,(H,27,32)(H2,26,28,29,31). The molecule has 5 rings (SSSR count). The van der Waals surface area contributed by atoms with E-state index in [1.165, 1.54) is 0 Å². The number of hydrogen-bond acceptors (Lipinski definition) is 7. The first kappa shape index (κ1) is 22.9. The van der Waals surface area contributed by atoms with Crippen LogP contribution in [-0.4, -0.2) is 53.2 Å². The van der Waals surface area contributed by atoms with Crippen molar-refractivity contribution in [1.82, 2.24) is 20.4 Å². The topological polar surface area (TPSA) is 126 Å². The number of fused-ring (bicyclic) bond motifs is 1. The normalized spacial score (nSPS) is 14.8. The Morgan fingerprint density at radius 2 is 1.80 bits per heavy atom. The zero-order valence-electron chi connectivity index (χ0n) is 19.6. The molecule has 0 saturated carbocycles. The molecular weight excluding hydrogens is 450 g/mol. The molecule has 10 heteroatoms. The number of furan rings is 2. The summed E-state index contributed by atoms with van der Waals surface area (Å²) in [6, 6.07) is 14.6. The van der Waals surface area contributed by atoms with E-state index in [0.717, 1.165) is 18.7 Å². The number of nitrogens with one attached hydrogen (secondary N) is 3. The molecule has 0 aliphatic carbocycles. The molecule has 10 nitrogen and oxygen atoms in total. The van der Waals surface area contributed by atoms with Crippen molar-refractivity contribution >= 4 is 28.7 Å². The van der Waals surface area contributed by atoms with Gasteiger partial charge in [0.05, 0.1) is 25.3 Å². The molecule has 3 aromatic heterocycles. The van der Waals surface area contributed by atoms with Gasteiger partial charge in [0, 0.05) is 19.2 Å². The highest BCUT2D eigenvalue weighted by Crippen LogP contribution is 2.26. The molecule has 4 aromatic rings. The molecule has 0 spiro atoms. The van der Waals surface area contributed by atoms with Gasteiger partial charge in [-0.25, -0.2) is 0 Å². The Morgan fingerprint density at radius 1 is 1.03 bits per heavy atom. The maximum absolute atomic E-state index is 12.9. The lowest BCUT2D eigenvalue weighted by Crippen LogP contribution is -2.40. The summed E-state index contributed by atoms with van der Waals surface area (Å²) in [5.41, 5.74) is 1.13. The van der Waals surface area contributed by atoms with Crippen LogP contribution in [0.2, 0.25) is 0 Å². The summed E-state index contributed by atoms with van der Waals surface area (Å²) in [6.45, 7) is 7.47. The summed E-state index contributed by atoms with van der Waals surface area (Å²) in [5.74, 6) is 0.316. The maximum atomic E-state index is 12.9. The smallest absolute Gasteiger partial charge is 0.292 e. The van der Waals surface area contributed by atoms with Crippen molar-refractivity contribution in [3.05, 3.63) is 71.4 Å². The zero-order chi connectivity index (χ0) is 24.4. The molecule has 1 saturated heterocycles. The van der Waals surface area contributed by atoms with Gasteiger partial charge in [0.25, 0.3) is 11.8 Å². The van der Waals surface area contributed by atoms with Crippen molar-refractivity contribution in [2.45, 2.75) is 25.9 Å². The number of rotatable bonds is 7. The third kappa shape index (κ3) is 4.98. The first-order valence-electron chi connectivity index (χ1n) is 11.5. The molecule has 0 radical (unpaired) electrons. The SMILES string of the molecule is CC(C)(NC(=O)c1cc2[nH]nc(NC(=O)c3ccc(CN4CCOCC4)o3)c2o1)c1ccccc1. The van der Waals surface area contributed by atoms with Crippen LogP contribution in [-0.2, 0) is 16.8 Å². The number of aromatic nitrogens is 2. The lowest BCUT2D eigenvalue weighted by Gasteiger charge is -2.26. The van der Waals surface area contributed by atoms with E-state index in [1.54, 1.807) is 18.2 Å². The minimum atomic E-state index is -0.605. The number of hydrogen-bond donors (Lipinski definition) is 3. The molecule has 1 fully saturated rings. The van der Waals surface area contributed by atoms with E-state index in [-0.39, 0.29) is 28.8 Å². The molecule has 0 unspecified atom stereocenters. The van der Waals surface area contributed by atoms with Gasteiger partial charge in [0.1, 0.15) is 11.3 Å². The second-order valence-electron chi connectivity index (χ2n) is 8.98. The average molecular weight is 478 g/mol. The molecule has 1 aromatic carbocycles. The van der Waals surface area contributed by atoms with E-state index in [1.807, 2.05) is 44.2 Å². The quantitative estimate of drug-likeness (QED) is 0.372. The Bertz CT molecular complexity index is 1330. The Kier molecular flexibility index (Phi) is 6.14. The number of carbonyl (C=O) groups is 2. The average Bonchev–Trinajstić information content (AvgIpc) is 3.58. The molecule has 4 heterocycles. The summed E-state index contributed by atoms with van der Waals surface area (Å²) >= 11 is 0. The number of benzene rings is 1. The van der Waals surface area contributed by atoms with Crippen LogP contribution >= 0.6 is 0 Å². The van der Waals surface area contributed by atoms with Crippen LogP contribution in [0.15, 0.2) is 57.4 Å². The van der Waals surface area contributed by atoms with Gasteiger partial charge in [-0.1, -0.05) is 30.3 Å². The van der Waals surface area contributed by atoms with Gasteiger partial charge >= 0.3 is 0 Å². The molecule has 2 amide bonds. The van der Waals surface area contributed by atoms with E-state index >= 15 is 0 Å². The molecule has 0 bridgehead atoms. The Hall–Kier alpha value is -3.89. The second-order valence-corrected chi connectivity index (χ2v) is 8.98. The number of amides is 2. The van der Waals surface area contributed by atoms with E-state index in [9.17, 15) is 9.59 Å². The predicted molar refractivity (Wildman–Crippen MR) is 128 cm³/mol. The van der Waals surface area contributed by atoms with Crippen LogP contribution in [0, 0.1) is 0 Å². The maximum Gasteiger partial charge on any atom is 0.292 e. The molecule has 3 N–H and O–H groups in total.